The Labute approximate surface area is 133 Å². The quantitative estimate of drug-likeness (QED) is 0.732. The molecule has 110 valence electrons. The van der Waals surface area contributed by atoms with Crippen LogP contribution in [-0.4, -0.2) is 19.3 Å². The Bertz CT molecular complexity index is 858. The molecule has 1 unspecified atom stereocenters. The van der Waals surface area contributed by atoms with Gasteiger partial charge < -0.3 is 4.98 Å². The number of hydrogen-bond acceptors (Lipinski definition) is 2. The van der Waals surface area contributed by atoms with Crippen LogP contribution in [0.3, 0.4) is 0 Å². The van der Waals surface area contributed by atoms with Crippen molar-refractivity contribution >= 4 is 35.0 Å². The molecule has 1 aromatic carbocycles. The minimum absolute atomic E-state index is 0.0880. The number of nitrogens with one attached hydrogen (secondary N) is 1. The number of aromatic amines is 1. The lowest BCUT2D eigenvalue weighted by atomic mass is 10.1. The van der Waals surface area contributed by atoms with Gasteiger partial charge >= 0.3 is 0 Å². The fourth-order valence-electron chi connectivity index (χ4n) is 2.76. The molecule has 6 heteroatoms. The van der Waals surface area contributed by atoms with Gasteiger partial charge in [-0.3, -0.25) is 9.25 Å². The van der Waals surface area contributed by atoms with Gasteiger partial charge in [0, 0.05) is 12.1 Å². The number of aromatic nitrogens is 4. The van der Waals surface area contributed by atoms with E-state index in [0.29, 0.717) is 4.77 Å². The minimum atomic E-state index is 0.0880. The van der Waals surface area contributed by atoms with E-state index in [1.165, 1.54) is 0 Å². The molecule has 21 heavy (non-hydrogen) atoms. The Morgan fingerprint density at radius 3 is 2.86 bits per heavy atom. The van der Waals surface area contributed by atoms with Crippen molar-refractivity contribution in [2.75, 3.05) is 0 Å². The number of benzene rings is 1. The standard InChI is InChI=1S/C15H17ClN4S/c1-4-12-13-14(19(3)18-12)20(15(21)17-13)9(2)10-6-5-7-11(16)8-10/h5-9H,4H2,1-3H3,(H,17,21). The molecule has 0 aliphatic rings. The average molecular weight is 321 g/mol. The van der Waals surface area contributed by atoms with Gasteiger partial charge in [-0.15, -0.1) is 0 Å². The molecule has 2 heterocycles. The van der Waals surface area contributed by atoms with Gasteiger partial charge in [0.25, 0.3) is 0 Å². The summed E-state index contributed by atoms with van der Waals surface area (Å²) in [7, 11) is 1.95. The number of aryl methyl sites for hydroxylation is 2. The summed E-state index contributed by atoms with van der Waals surface area (Å²) in [5, 5.41) is 5.29. The van der Waals surface area contributed by atoms with E-state index in [4.69, 9.17) is 23.8 Å². The van der Waals surface area contributed by atoms with Crippen LogP contribution >= 0.6 is 23.8 Å². The van der Waals surface area contributed by atoms with Crippen molar-refractivity contribution in [3.05, 3.63) is 45.3 Å². The number of H-pyrrole nitrogens is 1. The number of imidazole rings is 1. The topological polar surface area (TPSA) is 38.5 Å². The lowest BCUT2D eigenvalue weighted by Gasteiger charge is -2.15. The normalized spacial score (nSPS) is 13.0. The largest absolute Gasteiger partial charge is 0.328 e. The van der Waals surface area contributed by atoms with E-state index in [9.17, 15) is 0 Å². The van der Waals surface area contributed by atoms with Gasteiger partial charge in [0.15, 0.2) is 10.4 Å². The van der Waals surface area contributed by atoms with Gasteiger partial charge in [-0.2, -0.15) is 5.10 Å². The summed E-state index contributed by atoms with van der Waals surface area (Å²) in [5.74, 6) is 0. The number of rotatable bonds is 3. The highest BCUT2D eigenvalue weighted by Crippen LogP contribution is 2.27. The predicted molar refractivity (Wildman–Crippen MR) is 88.5 cm³/mol. The monoisotopic (exact) mass is 320 g/mol. The summed E-state index contributed by atoms with van der Waals surface area (Å²) < 4.78 is 4.70. The maximum atomic E-state index is 6.11. The van der Waals surface area contributed by atoms with Crippen molar-refractivity contribution in [1.29, 1.82) is 0 Å². The van der Waals surface area contributed by atoms with Crippen LogP contribution in [0.15, 0.2) is 24.3 Å². The third kappa shape index (κ3) is 2.30. The highest BCUT2D eigenvalue weighted by Gasteiger charge is 2.19. The van der Waals surface area contributed by atoms with E-state index in [2.05, 4.69) is 34.6 Å². The van der Waals surface area contributed by atoms with E-state index in [1.54, 1.807) is 0 Å². The molecule has 4 nitrogen and oxygen atoms in total. The SMILES string of the molecule is CCc1nn(C)c2c1[nH]c(=S)n2C(C)c1cccc(Cl)c1. The zero-order valence-corrected chi connectivity index (χ0v) is 13.8. The number of halogens is 1. The smallest absolute Gasteiger partial charge is 0.179 e. The van der Waals surface area contributed by atoms with Gasteiger partial charge in [0.2, 0.25) is 0 Å². The van der Waals surface area contributed by atoms with Crippen LogP contribution in [0.25, 0.3) is 11.2 Å². The van der Waals surface area contributed by atoms with Gasteiger partial charge in [0.05, 0.1) is 11.7 Å². The Morgan fingerprint density at radius 1 is 1.43 bits per heavy atom. The van der Waals surface area contributed by atoms with Crippen LogP contribution in [-0.2, 0) is 13.5 Å². The molecule has 2 aromatic heterocycles. The molecule has 0 radical (unpaired) electrons. The summed E-state index contributed by atoms with van der Waals surface area (Å²) in [5.41, 5.74) is 4.21. The van der Waals surface area contributed by atoms with Crippen molar-refractivity contribution in [3.63, 3.8) is 0 Å². The molecular formula is C15H17ClN4S. The van der Waals surface area contributed by atoms with Crippen LogP contribution < -0.4 is 0 Å². The average Bonchev–Trinajstić information content (AvgIpc) is 2.95. The molecule has 0 saturated carbocycles. The Balaban J connectivity index is 2.22. The van der Waals surface area contributed by atoms with Crippen LogP contribution in [0.4, 0.5) is 0 Å². The second-order valence-corrected chi connectivity index (χ2v) is 5.98. The van der Waals surface area contributed by atoms with E-state index in [-0.39, 0.29) is 6.04 Å². The molecule has 0 aliphatic heterocycles. The maximum Gasteiger partial charge on any atom is 0.179 e. The Hall–Kier alpha value is -1.59. The van der Waals surface area contributed by atoms with Crippen molar-refractivity contribution in [3.8, 4) is 0 Å². The van der Waals surface area contributed by atoms with Crippen molar-refractivity contribution in [2.24, 2.45) is 7.05 Å². The predicted octanol–water partition coefficient (Wildman–Crippen LogP) is 4.26. The first-order valence-electron chi connectivity index (χ1n) is 6.94. The lowest BCUT2D eigenvalue weighted by Crippen LogP contribution is -2.09. The zero-order chi connectivity index (χ0) is 15.1. The molecule has 1 N–H and O–H groups in total. The molecule has 0 bridgehead atoms. The summed E-state index contributed by atoms with van der Waals surface area (Å²) in [6.07, 6.45) is 0.873. The van der Waals surface area contributed by atoms with Gasteiger partial charge in [-0.1, -0.05) is 30.7 Å². The summed E-state index contributed by atoms with van der Waals surface area (Å²) >= 11 is 11.6. The van der Waals surface area contributed by atoms with Crippen molar-refractivity contribution < 1.29 is 0 Å². The molecule has 0 fully saturated rings. The molecule has 0 aliphatic carbocycles. The lowest BCUT2D eigenvalue weighted by molar-refractivity contribution is 0.619. The molecule has 0 spiro atoms. The first kappa shape index (κ1) is 14.4. The maximum absolute atomic E-state index is 6.11. The third-order valence-electron chi connectivity index (χ3n) is 3.82. The van der Waals surface area contributed by atoms with Crippen LogP contribution in [0.2, 0.25) is 5.02 Å². The number of hydrogen-bond donors (Lipinski definition) is 1. The first-order chi connectivity index (χ1) is 10.0. The molecule has 1 atom stereocenters. The fourth-order valence-corrected chi connectivity index (χ4v) is 3.30. The van der Waals surface area contributed by atoms with Gasteiger partial charge in [-0.25, -0.2) is 0 Å². The number of fused-ring (bicyclic) bond motifs is 1. The summed E-state index contributed by atoms with van der Waals surface area (Å²) in [6, 6.07) is 7.97. The molecule has 3 rings (SSSR count). The highest BCUT2D eigenvalue weighted by molar-refractivity contribution is 7.71. The van der Waals surface area contributed by atoms with Crippen LogP contribution in [0, 0.1) is 4.77 Å². The second kappa shape index (κ2) is 5.31. The van der Waals surface area contributed by atoms with Crippen molar-refractivity contribution in [1.82, 2.24) is 19.3 Å². The Kier molecular flexibility index (Phi) is 3.63. The van der Waals surface area contributed by atoms with E-state index in [1.807, 2.05) is 29.9 Å². The molecule has 3 aromatic rings. The summed E-state index contributed by atoms with van der Waals surface area (Å²) in [6.45, 7) is 4.21. The second-order valence-electron chi connectivity index (χ2n) is 5.15. The van der Waals surface area contributed by atoms with Crippen LogP contribution in [0.1, 0.15) is 31.1 Å². The highest BCUT2D eigenvalue weighted by atomic mass is 35.5. The Morgan fingerprint density at radius 2 is 2.19 bits per heavy atom. The first-order valence-corrected chi connectivity index (χ1v) is 7.73. The van der Waals surface area contributed by atoms with Gasteiger partial charge in [0.1, 0.15) is 5.52 Å². The third-order valence-corrected chi connectivity index (χ3v) is 4.36. The molecule has 0 saturated heterocycles. The fraction of sp³-hybridized carbons (Fsp3) is 0.333. The van der Waals surface area contributed by atoms with Gasteiger partial charge in [-0.05, 0) is 43.3 Å². The van der Waals surface area contributed by atoms with E-state index < -0.39 is 0 Å². The van der Waals surface area contributed by atoms with E-state index in [0.717, 1.165) is 33.9 Å². The van der Waals surface area contributed by atoms with E-state index >= 15 is 0 Å². The van der Waals surface area contributed by atoms with Crippen LogP contribution in [0.5, 0.6) is 0 Å². The molecule has 0 amide bonds. The van der Waals surface area contributed by atoms with Crippen molar-refractivity contribution in [2.45, 2.75) is 26.3 Å². The summed E-state index contributed by atoms with van der Waals surface area (Å²) in [4.78, 5) is 3.29. The molecular weight excluding hydrogens is 304 g/mol. The zero-order valence-electron chi connectivity index (χ0n) is 12.2. The minimum Gasteiger partial charge on any atom is -0.328 e. The number of nitrogens with zero attached hydrogens (tertiary/aromatic N) is 3.